The Labute approximate surface area is 151 Å². The molecule has 4 unspecified atom stereocenters. The van der Waals surface area contributed by atoms with Crippen LogP contribution < -0.4 is 5.43 Å². The summed E-state index contributed by atoms with van der Waals surface area (Å²) in [7, 11) is -7.28. The van der Waals surface area contributed by atoms with Crippen LogP contribution in [0.1, 0.15) is 71.1 Å². The lowest BCUT2D eigenvalue weighted by molar-refractivity contribution is 0.175. The van der Waals surface area contributed by atoms with Gasteiger partial charge in [0.15, 0.2) is 0 Å². The summed E-state index contributed by atoms with van der Waals surface area (Å²) in [5.41, 5.74) is 2.92. The monoisotopic (exact) mass is 391 g/mol. The molecule has 0 aromatic heterocycles. The van der Waals surface area contributed by atoms with E-state index in [2.05, 4.69) is 15.6 Å². The van der Waals surface area contributed by atoms with Gasteiger partial charge < -0.3 is 0 Å². The number of fused-ring (bicyclic) bond motifs is 1. The second-order valence-electron chi connectivity index (χ2n) is 8.13. The summed E-state index contributed by atoms with van der Waals surface area (Å²) < 4.78 is 49.5. The van der Waals surface area contributed by atoms with Crippen molar-refractivity contribution in [3.05, 3.63) is 0 Å². The highest BCUT2D eigenvalue weighted by Gasteiger charge is 2.97. The third-order valence-electron chi connectivity index (χ3n) is 6.71. The molecule has 0 radical (unpaired) electrons. The van der Waals surface area contributed by atoms with E-state index in [-0.39, 0.29) is 12.1 Å². The molecule has 144 valence electrons. The van der Waals surface area contributed by atoms with E-state index in [0.29, 0.717) is 0 Å². The van der Waals surface area contributed by atoms with E-state index in [9.17, 15) is 17.2 Å². The molecule has 7 nitrogen and oxygen atoms in total. The first-order valence-corrected chi connectivity index (χ1v) is 12.5. The minimum Gasteiger partial charge on any atom is -0.284 e. The Morgan fingerprint density at radius 3 is 1.76 bits per heavy atom. The van der Waals surface area contributed by atoms with Gasteiger partial charge in [-0.15, -0.1) is 0 Å². The van der Waals surface area contributed by atoms with Crippen molar-refractivity contribution in [3.63, 3.8) is 0 Å². The van der Waals surface area contributed by atoms with E-state index < -0.39 is 29.7 Å². The highest BCUT2D eigenvalue weighted by atomic mass is 32.2. The van der Waals surface area contributed by atoms with Gasteiger partial charge in [-0.3, -0.25) is 4.55 Å². The van der Waals surface area contributed by atoms with E-state index in [1.54, 1.807) is 0 Å². The van der Waals surface area contributed by atoms with Crippen molar-refractivity contribution in [2.75, 3.05) is 0 Å². The molecule has 0 spiro atoms. The Morgan fingerprint density at radius 2 is 1.44 bits per heavy atom. The molecule has 0 amide bonds. The highest BCUT2D eigenvalue weighted by Crippen LogP contribution is 2.67. The zero-order valence-corrected chi connectivity index (χ0v) is 16.4. The van der Waals surface area contributed by atoms with Crippen LogP contribution >= 0.6 is 0 Å². The van der Waals surface area contributed by atoms with Crippen LogP contribution in [0.15, 0.2) is 0 Å². The molecule has 2 heterocycles. The van der Waals surface area contributed by atoms with Gasteiger partial charge in [0, 0.05) is 12.1 Å². The lowest BCUT2D eigenvalue weighted by Crippen LogP contribution is -2.56. The average molecular weight is 392 g/mol. The zero-order chi connectivity index (χ0) is 18.1. The molecule has 0 aromatic rings. The van der Waals surface area contributed by atoms with Crippen LogP contribution in [0.5, 0.6) is 0 Å². The van der Waals surface area contributed by atoms with Gasteiger partial charge in [-0.1, -0.05) is 38.5 Å². The van der Waals surface area contributed by atoms with Crippen LogP contribution in [-0.4, -0.2) is 54.3 Å². The van der Waals surface area contributed by atoms with Gasteiger partial charge in [-0.25, -0.2) is 13.9 Å². The molecule has 2 N–H and O–H groups in total. The third kappa shape index (κ3) is 2.32. The molecule has 0 bridgehead atoms. The van der Waals surface area contributed by atoms with Crippen LogP contribution in [0.3, 0.4) is 0 Å². The van der Waals surface area contributed by atoms with Crippen molar-refractivity contribution < 1.29 is 17.2 Å². The molecule has 2 saturated carbocycles. The average Bonchev–Trinajstić information content (AvgIpc) is 3.44. The summed E-state index contributed by atoms with van der Waals surface area (Å²) >= 11 is 0. The summed E-state index contributed by atoms with van der Waals surface area (Å²) in [6.07, 6.45) is 10.8. The van der Waals surface area contributed by atoms with Gasteiger partial charge in [0.05, 0.1) is 9.71 Å². The van der Waals surface area contributed by atoms with Crippen molar-refractivity contribution in [2.24, 2.45) is 0 Å². The molecule has 4 atom stereocenters. The van der Waals surface area contributed by atoms with Crippen molar-refractivity contribution in [3.8, 4) is 0 Å². The number of nitrogens with zero attached hydrogens (tertiary/aromatic N) is 2. The maximum Gasteiger partial charge on any atom is 0.289 e. The van der Waals surface area contributed by atoms with E-state index in [0.717, 1.165) is 51.4 Å². The molecule has 25 heavy (non-hydrogen) atoms. The number of hydrogen-bond acceptors (Lipinski definition) is 5. The number of hydrazine groups is 1. The lowest BCUT2D eigenvalue weighted by Gasteiger charge is -2.43. The minimum atomic E-state index is -4.35. The van der Waals surface area contributed by atoms with Gasteiger partial charge in [-0.2, -0.15) is 13.4 Å². The highest BCUT2D eigenvalue weighted by molar-refractivity contribution is 8.01. The summed E-state index contributed by atoms with van der Waals surface area (Å²) in [6, 6.07) is 0.374. The quantitative estimate of drug-likeness (QED) is 0.420. The standard InChI is InChI=1S/C16H29N3O4S2/c1-15(25(21,22)23)16(17-19(15)16)24(2,20)18(13-9-5-3-6-10-13)14-11-7-4-8-12-14/h13-14,17H,2-12H2,1H3,(H,21,22,23). The molecule has 4 aliphatic rings. The Morgan fingerprint density at radius 1 is 1.00 bits per heavy atom. The van der Waals surface area contributed by atoms with Gasteiger partial charge in [-0.05, 0) is 38.5 Å². The molecule has 9 heteroatoms. The molecule has 4 fully saturated rings. The van der Waals surface area contributed by atoms with Crippen LogP contribution in [0.4, 0.5) is 0 Å². The normalized spacial score (nSPS) is 42.0. The second kappa shape index (κ2) is 5.65. The van der Waals surface area contributed by atoms with Crippen LogP contribution in [0.25, 0.3) is 0 Å². The van der Waals surface area contributed by atoms with Gasteiger partial charge >= 0.3 is 0 Å². The molecular formula is C16H29N3O4S2. The largest absolute Gasteiger partial charge is 0.289 e. The summed E-state index contributed by atoms with van der Waals surface area (Å²) in [6.45, 7) is 1.43. The SMILES string of the molecule is C=S(=O)(N(C1CCCCC1)C1CCCCC1)C12NN1C2(C)S(=O)(=O)O. The molecule has 2 saturated heterocycles. The first-order valence-electron chi connectivity index (χ1n) is 9.38. The van der Waals surface area contributed by atoms with Gasteiger partial charge in [0.1, 0.15) is 0 Å². The molecule has 0 aromatic carbocycles. The first kappa shape index (κ1) is 18.2. The Balaban J connectivity index is 1.69. The zero-order valence-electron chi connectivity index (χ0n) is 14.8. The molecular weight excluding hydrogens is 362 g/mol. The van der Waals surface area contributed by atoms with E-state index >= 15 is 0 Å². The van der Waals surface area contributed by atoms with E-state index in [1.165, 1.54) is 24.8 Å². The van der Waals surface area contributed by atoms with Crippen molar-refractivity contribution in [1.82, 2.24) is 14.7 Å². The third-order valence-corrected chi connectivity index (χ3v) is 11.2. The van der Waals surface area contributed by atoms with Crippen molar-refractivity contribution >= 4 is 25.7 Å². The van der Waals surface area contributed by atoms with Crippen molar-refractivity contribution in [2.45, 2.75) is 93.1 Å². The maximum atomic E-state index is 14.0. The first-order chi connectivity index (χ1) is 11.7. The summed E-state index contributed by atoms with van der Waals surface area (Å²) in [5, 5.41) is 1.41. The lowest BCUT2D eigenvalue weighted by atomic mass is 9.91. The van der Waals surface area contributed by atoms with Crippen molar-refractivity contribution in [1.29, 1.82) is 0 Å². The van der Waals surface area contributed by atoms with Crippen LogP contribution in [0, 0.1) is 0 Å². The number of rotatable bonds is 5. The maximum absolute atomic E-state index is 14.0. The van der Waals surface area contributed by atoms with E-state index in [4.69, 9.17) is 0 Å². The second-order valence-corrected chi connectivity index (χ2v) is 12.2. The fourth-order valence-corrected chi connectivity index (χ4v) is 9.76. The minimum absolute atomic E-state index is 0.187. The van der Waals surface area contributed by atoms with Gasteiger partial charge in [0.2, 0.25) is 9.87 Å². The Hall–Kier alpha value is -0.190. The van der Waals surface area contributed by atoms with E-state index in [1.807, 2.05) is 0 Å². The molecule has 4 rings (SSSR count). The Bertz CT molecular complexity index is 738. The van der Waals surface area contributed by atoms with Crippen LogP contribution in [-0.2, 0) is 19.8 Å². The predicted octanol–water partition coefficient (Wildman–Crippen LogP) is 1.68. The topological polar surface area (TPSA) is 99.6 Å². The fourth-order valence-electron chi connectivity index (χ4n) is 5.11. The molecule has 2 aliphatic carbocycles. The molecule has 2 aliphatic heterocycles. The predicted molar refractivity (Wildman–Crippen MR) is 98.5 cm³/mol. The fraction of sp³-hybridized carbons (Fsp3) is 0.938. The Kier molecular flexibility index (Phi) is 4.11. The van der Waals surface area contributed by atoms with Gasteiger partial charge in [0.25, 0.3) is 10.1 Å². The summed E-state index contributed by atoms with van der Waals surface area (Å²) in [4.78, 5) is -2.76. The number of nitrogens with one attached hydrogen (secondary N) is 1. The smallest absolute Gasteiger partial charge is 0.284 e. The number of hydrogen-bond donors (Lipinski definition) is 2. The van der Waals surface area contributed by atoms with Crippen LogP contribution in [0.2, 0.25) is 0 Å². The summed E-state index contributed by atoms with van der Waals surface area (Å²) in [5.74, 6) is 4.08.